The fourth-order valence-corrected chi connectivity index (χ4v) is 3.07. The predicted octanol–water partition coefficient (Wildman–Crippen LogP) is -1.49. The van der Waals surface area contributed by atoms with Crippen LogP contribution in [-0.4, -0.2) is 87.8 Å². The van der Waals surface area contributed by atoms with Gasteiger partial charge in [-0.05, 0) is 30.8 Å². The van der Waals surface area contributed by atoms with Gasteiger partial charge in [-0.2, -0.15) is 11.8 Å². The molecule has 0 aromatic rings. The van der Waals surface area contributed by atoms with Crippen molar-refractivity contribution in [2.75, 3.05) is 18.6 Å². The summed E-state index contributed by atoms with van der Waals surface area (Å²) in [5.41, 5.74) is 5.70. The van der Waals surface area contributed by atoms with Crippen LogP contribution in [0.4, 0.5) is 0 Å². The van der Waals surface area contributed by atoms with Gasteiger partial charge >= 0.3 is 11.9 Å². The van der Waals surface area contributed by atoms with Crippen LogP contribution in [0.15, 0.2) is 0 Å². The molecule has 0 bridgehead atoms. The van der Waals surface area contributed by atoms with E-state index in [0.717, 1.165) is 0 Å². The molecule has 0 rings (SSSR count). The van der Waals surface area contributed by atoms with Crippen LogP contribution in [0.5, 0.6) is 0 Å². The fraction of sp³-hybridized carbons (Fsp3) is 0.737. The van der Waals surface area contributed by atoms with Crippen molar-refractivity contribution in [2.45, 2.75) is 63.7 Å². The van der Waals surface area contributed by atoms with E-state index in [1.54, 1.807) is 13.8 Å². The first-order valence-electron chi connectivity index (χ1n) is 10.2. The molecule has 0 aliphatic rings. The number of nitrogens with two attached hydrogens (primary N) is 1. The summed E-state index contributed by atoms with van der Waals surface area (Å²) >= 11 is 1.44. The number of hydrogen-bond donors (Lipinski definition) is 7. The van der Waals surface area contributed by atoms with Crippen LogP contribution >= 0.6 is 11.8 Å². The highest BCUT2D eigenvalue weighted by atomic mass is 32.2. The van der Waals surface area contributed by atoms with E-state index in [4.69, 9.17) is 21.1 Å². The van der Waals surface area contributed by atoms with Crippen molar-refractivity contribution in [1.29, 1.82) is 0 Å². The third-order valence-corrected chi connectivity index (χ3v) is 5.48. The second-order valence-electron chi connectivity index (χ2n) is 7.34. The van der Waals surface area contributed by atoms with E-state index in [2.05, 4.69) is 16.0 Å². The van der Waals surface area contributed by atoms with Gasteiger partial charge in [0.2, 0.25) is 17.7 Å². The van der Waals surface area contributed by atoms with E-state index in [1.807, 2.05) is 6.26 Å². The maximum absolute atomic E-state index is 12.9. The molecule has 0 aliphatic carbocycles. The number of thioether (sulfide) groups is 1. The predicted molar refractivity (Wildman–Crippen MR) is 118 cm³/mol. The van der Waals surface area contributed by atoms with E-state index < -0.39 is 60.4 Å². The quantitative estimate of drug-likeness (QED) is 0.137. The Morgan fingerprint density at radius 1 is 0.938 bits per heavy atom. The molecule has 0 spiro atoms. The summed E-state index contributed by atoms with van der Waals surface area (Å²) < 4.78 is 0. The topological polar surface area (TPSA) is 208 Å². The SMILES string of the molecule is CCC(C)C(NC(=O)C(CCSC)NC(=O)C(N)CCC(=O)O)C(=O)NC(CO)C(=O)O. The molecule has 0 radical (unpaired) electrons. The van der Waals surface area contributed by atoms with Crippen molar-refractivity contribution in [3.63, 3.8) is 0 Å². The number of aliphatic hydroxyl groups excluding tert-OH is 1. The van der Waals surface area contributed by atoms with Gasteiger partial charge in [0, 0.05) is 6.42 Å². The Morgan fingerprint density at radius 2 is 1.53 bits per heavy atom. The Hall–Kier alpha value is -2.38. The van der Waals surface area contributed by atoms with E-state index in [0.29, 0.717) is 12.2 Å². The summed E-state index contributed by atoms with van der Waals surface area (Å²) in [6, 6.07) is -4.77. The van der Waals surface area contributed by atoms with Crippen molar-refractivity contribution >= 4 is 41.4 Å². The van der Waals surface area contributed by atoms with Gasteiger partial charge in [-0.3, -0.25) is 19.2 Å². The Bertz CT molecular complexity index is 663. The lowest BCUT2D eigenvalue weighted by Gasteiger charge is -2.27. The number of nitrogens with one attached hydrogen (secondary N) is 3. The lowest BCUT2D eigenvalue weighted by Crippen LogP contribution is -2.59. The minimum atomic E-state index is -1.52. The van der Waals surface area contributed by atoms with Crippen molar-refractivity contribution in [3.8, 4) is 0 Å². The second-order valence-corrected chi connectivity index (χ2v) is 8.32. The van der Waals surface area contributed by atoms with Crippen molar-refractivity contribution in [3.05, 3.63) is 0 Å². The van der Waals surface area contributed by atoms with Crippen LogP contribution in [0.2, 0.25) is 0 Å². The van der Waals surface area contributed by atoms with Crippen molar-refractivity contribution < 1.29 is 39.3 Å². The molecule has 0 saturated heterocycles. The molecule has 0 aromatic heterocycles. The smallest absolute Gasteiger partial charge is 0.328 e. The summed E-state index contributed by atoms with van der Waals surface area (Å²) in [6.07, 6.45) is 2.12. The fourth-order valence-electron chi connectivity index (χ4n) is 2.60. The minimum Gasteiger partial charge on any atom is -0.481 e. The molecule has 5 unspecified atom stereocenters. The molecule has 0 saturated carbocycles. The molecule has 3 amide bonds. The summed E-state index contributed by atoms with van der Waals surface area (Å²) in [5, 5.41) is 34.1. The zero-order valence-electron chi connectivity index (χ0n) is 18.5. The number of carboxylic acid groups (broad SMARTS) is 2. The van der Waals surface area contributed by atoms with Gasteiger partial charge in [0.1, 0.15) is 18.1 Å². The van der Waals surface area contributed by atoms with E-state index in [-0.39, 0.29) is 25.2 Å². The second kappa shape index (κ2) is 15.4. The highest BCUT2D eigenvalue weighted by Gasteiger charge is 2.32. The molecule has 184 valence electrons. The number of carboxylic acids is 2. The van der Waals surface area contributed by atoms with Crippen LogP contribution < -0.4 is 21.7 Å². The van der Waals surface area contributed by atoms with Crippen LogP contribution in [0.25, 0.3) is 0 Å². The van der Waals surface area contributed by atoms with Crippen molar-refractivity contribution in [2.24, 2.45) is 11.7 Å². The Labute approximate surface area is 191 Å². The first-order chi connectivity index (χ1) is 15.0. The normalized spacial score (nSPS) is 15.5. The van der Waals surface area contributed by atoms with Crippen molar-refractivity contribution in [1.82, 2.24) is 16.0 Å². The first kappa shape index (κ1) is 29.6. The molecule has 0 aliphatic heterocycles. The Balaban J connectivity index is 5.39. The molecule has 13 heteroatoms. The molecule has 32 heavy (non-hydrogen) atoms. The monoisotopic (exact) mass is 478 g/mol. The Morgan fingerprint density at radius 3 is 2.00 bits per heavy atom. The molecule has 8 N–H and O–H groups in total. The molecule has 0 fully saturated rings. The molecular formula is C19H34N4O8S. The third-order valence-electron chi connectivity index (χ3n) is 4.84. The summed E-state index contributed by atoms with van der Waals surface area (Å²) in [7, 11) is 0. The molecule has 0 aromatic carbocycles. The van der Waals surface area contributed by atoms with Gasteiger partial charge in [-0.25, -0.2) is 4.79 Å². The molecule has 0 heterocycles. The largest absolute Gasteiger partial charge is 0.481 e. The number of aliphatic hydroxyl groups is 1. The summed E-state index contributed by atoms with van der Waals surface area (Å²) in [6.45, 7) is 2.66. The summed E-state index contributed by atoms with van der Waals surface area (Å²) in [5.74, 6) is -4.51. The van der Waals surface area contributed by atoms with Crippen LogP contribution in [-0.2, 0) is 24.0 Å². The maximum atomic E-state index is 12.9. The number of hydrogen-bond acceptors (Lipinski definition) is 8. The highest BCUT2D eigenvalue weighted by Crippen LogP contribution is 2.10. The first-order valence-corrected chi connectivity index (χ1v) is 11.6. The zero-order valence-corrected chi connectivity index (χ0v) is 19.3. The third kappa shape index (κ3) is 10.8. The van der Waals surface area contributed by atoms with Gasteiger partial charge in [0.25, 0.3) is 0 Å². The minimum absolute atomic E-state index is 0.104. The van der Waals surface area contributed by atoms with E-state index >= 15 is 0 Å². The lowest BCUT2D eigenvalue weighted by atomic mass is 9.97. The van der Waals surface area contributed by atoms with Gasteiger partial charge in [0.05, 0.1) is 12.6 Å². The van der Waals surface area contributed by atoms with Crippen LogP contribution in [0, 0.1) is 5.92 Å². The van der Waals surface area contributed by atoms with E-state index in [1.165, 1.54) is 11.8 Å². The molecular weight excluding hydrogens is 444 g/mol. The highest BCUT2D eigenvalue weighted by molar-refractivity contribution is 7.98. The number of amides is 3. The summed E-state index contributed by atoms with van der Waals surface area (Å²) in [4.78, 5) is 59.6. The molecule has 5 atom stereocenters. The van der Waals surface area contributed by atoms with Gasteiger partial charge < -0.3 is 37.0 Å². The van der Waals surface area contributed by atoms with Gasteiger partial charge in [-0.15, -0.1) is 0 Å². The average molecular weight is 479 g/mol. The number of carbonyl (C=O) groups is 5. The van der Waals surface area contributed by atoms with Crippen LogP contribution in [0.3, 0.4) is 0 Å². The number of carbonyl (C=O) groups excluding carboxylic acids is 3. The van der Waals surface area contributed by atoms with E-state index in [9.17, 15) is 24.0 Å². The average Bonchev–Trinajstić information content (AvgIpc) is 2.75. The maximum Gasteiger partial charge on any atom is 0.328 e. The zero-order chi connectivity index (χ0) is 24.8. The molecule has 12 nitrogen and oxygen atoms in total. The van der Waals surface area contributed by atoms with Gasteiger partial charge in [0.15, 0.2) is 0 Å². The standard InChI is InChI=1S/C19H34N4O8S/c1-4-10(2)15(18(29)22-13(9-24)19(30)31)23-17(28)12(7-8-32-3)21-16(27)11(20)5-6-14(25)26/h10-13,15,24H,4-9,20H2,1-3H3,(H,21,27)(H,22,29)(H,23,28)(H,25,26)(H,30,31). The van der Waals surface area contributed by atoms with Gasteiger partial charge in [-0.1, -0.05) is 20.3 Å². The number of rotatable bonds is 16. The Kier molecular flexibility index (Phi) is 14.3. The number of aliphatic carboxylic acids is 2. The lowest BCUT2D eigenvalue weighted by molar-refractivity contribution is -0.143. The van der Waals surface area contributed by atoms with Crippen LogP contribution in [0.1, 0.15) is 39.5 Å².